The summed E-state index contributed by atoms with van der Waals surface area (Å²) in [5.41, 5.74) is 1.61. The molecule has 1 heterocycles. The maximum absolute atomic E-state index is 11.9. The van der Waals surface area contributed by atoms with Gasteiger partial charge in [-0.1, -0.05) is 34.1 Å². The van der Waals surface area contributed by atoms with Crippen LogP contribution in [0.1, 0.15) is 56.6 Å². The predicted octanol–water partition coefficient (Wildman–Crippen LogP) is 2.91. The summed E-state index contributed by atoms with van der Waals surface area (Å²) in [5, 5.41) is 2.91. The Morgan fingerprint density at radius 3 is 2.71 bits per heavy atom. The third kappa shape index (κ3) is 4.17. The highest BCUT2D eigenvalue weighted by Crippen LogP contribution is 2.20. The lowest BCUT2D eigenvalue weighted by Gasteiger charge is -2.18. The van der Waals surface area contributed by atoms with Gasteiger partial charge in [-0.05, 0) is 18.6 Å². The van der Waals surface area contributed by atoms with Gasteiger partial charge >= 0.3 is 0 Å². The van der Waals surface area contributed by atoms with Gasteiger partial charge in [-0.2, -0.15) is 0 Å². The molecule has 0 unspecified atom stereocenters. The Balaban J connectivity index is 2.74. The van der Waals surface area contributed by atoms with Crippen molar-refractivity contribution in [1.82, 2.24) is 10.3 Å². The molecule has 94 valence electrons. The van der Waals surface area contributed by atoms with E-state index in [-0.39, 0.29) is 11.3 Å². The summed E-state index contributed by atoms with van der Waals surface area (Å²) in [7, 11) is 0. The topological polar surface area (TPSA) is 42.0 Å². The number of nitrogens with zero attached hydrogens (tertiary/aromatic N) is 1. The number of rotatable bonds is 4. The number of hydrogen-bond donors (Lipinski definition) is 1. The van der Waals surface area contributed by atoms with Crippen LogP contribution >= 0.6 is 0 Å². The molecule has 0 atom stereocenters. The van der Waals surface area contributed by atoms with Crippen LogP contribution in [0.4, 0.5) is 0 Å². The molecule has 0 saturated heterocycles. The van der Waals surface area contributed by atoms with Crippen molar-refractivity contribution in [2.24, 2.45) is 0 Å². The van der Waals surface area contributed by atoms with Crippen LogP contribution in [0.3, 0.4) is 0 Å². The van der Waals surface area contributed by atoms with E-state index in [4.69, 9.17) is 0 Å². The number of carbonyl (C=O) groups is 1. The first-order chi connectivity index (χ1) is 7.95. The molecule has 0 aliphatic heterocycles. The largest absolute Gasteiger partial charge is 0.352 e. The molecule has 1 aromatic rings. The molecule has 0 fully saturated rings. The minimum atomic E-state index is -0.0281. The summed E-state index contributed by atoms with van der Waals surface area (Å²) in [5.74, 6) is -0.00801. The van der Waals surface area contributed by atoms with Gasteiger partial charge in [-0.15, -0.1) is 0 Å². The SMILES string of the molecule is CCCCNC(=O)c1ccnc(C(C)(C)C)c1. The second kappa shape index (κ2) is 5.80. The molecule has 0 saturated carbocycles. The Kier molecular flexibility index (Phi) is 4.67. The molecule has 1 aromatic heterocycles. The van der Waals surface area contributed by atoms with Gasteiger partial charge < -0.3 is 5.32 Å². The number of amides is 1. The summed E-state index contributed by atoms with van der Waals surface area (Å²) < 4.78 is 0. The van der Waals surface area contributed by atoms with E-state index < -0.39 is 0 Å². The van der Waals surface area contributed by atoms with Crippen LogP contribution in [-0.4, -0.2) is 17.4 Å². The Labute approximate surface area is 104 Å². The van der Waals surface area contributed by atoms with Crippen molar-refractivity contribution in [3.63, 3.8) is 0 Å². The third-order valence-corrected chi connectivity index (χ3v) is 2.61. The molecule has 3 heteroatoms. The minimum absolute atomic E-state index is 0.00801. The van der Waals surface area contributed by atoms with Gasteiger partial charge in [0.25, 0.3) is 5.91 Å². The standard InChI is InChI=1S/C14H22N2O/c1-5-6-8-16-13(17)11-7-9-15-12(10-11)14(2,3)4/h7,9-10H,5-6,8H2,1-4H3,(H,16,17). The van der Waals surface area contributed by atoms with Gasteiger partial charge in [0.1, 0.15) is 0 Å². The zero-order chi connectivity index (χ0) is 12.9. The van der Waals surface area contributed by atoms with Gasteiger partial charge in [-0.3, -0.25) is 9.78 Å². The van der Waals surface area contributed by atoms with Crippen LogP contribution in [0, 0.1) is 0 Å². The van der Waals surface area contributed by atoms with E-state index in [2.05, 4.69) is 38.0 Å². The third-order valence-electron chi connectivity index (χ3n) is 2.61. The van der Waals surface area contributed by atoms with Crippen LogP contribution in [0.2, 0.25) is 0 Å². The normalized spacial score (nSPS) is 11.3. The number of aromatic nitrogens is 1. The van der Waals surface area contributed by atoms with Crippen molar-refractivity contribution in [3.8, 4) is 0 Å². The van der Waals surface area contributed by atoms with E-state index in [9.17, 15) is 4.79 Å². The van der Waals surface area contributed by atoms with Gasteiger partial charge in [0.2, 0.25) is 0 Å². The average Bonchev–Trinajstić information content (AvgIpc) is 2.28. The van der Waals surface area contributed by atoms with Crippen molar-refractivity contribution in [1.29, 1.82) is 0 Å². The zero-order valence-corrected chi connectivity index (χ0v) is 11.2. The van der Waals surface area contributed by atoms with Gasteiger partial charge in [0.05, 0.1) is 0 Å². The van der Waals surface area contributed by atoms with E-state index in [1.807, 2.05) is 6.07 Å². The molecule has 0 radical (unpaired) electrons. The van der Waals surface area contributed by atoms with E-state index in [0.717, 1.165) is 25.1 Å². The van der Waals surface area contributed by atoms with Crippen molar-refractivity contribution in [3.05, 3.63) is 29.6 Å². The minimum Gasteiger partial charge on any atom is -0.352 e. The lowest BCUT2D eigenvalue weighted by atomic mass is 9.91. The molecule has 0 aliphatic carbocycles. The summed E-state index contributed by atoms with van der Waals surface area (Å²) in [6.45, 7) is 9.12. The zero-order valence-electron chi connectivity index (χ0n) is 11.2. The molecule has 17 heavy (non-hydrogen) atoms. The first kappa shape index (κ1) is 13.7. The van der Waals surface area contributed by atoms with Crippen molar-refractivity contribution < 1.29 is 4.79 Å². The van der Waals surface area contributed by atoms with E-state index in [1.165, 1.54) is 0 Å². The van der Waals surface area contributed by atoms with Crippen LogP contribution in [0.15, 0.2) is 18.3 Å². The van der Waals surface area contributed by atoms with Gasteiger partial charge in [0, 0.05) is 29.4 Å². The lowest BCUT2D eigenvalue weighted by Crippen LogP contribution is -2.25. The molecular formula is C14H22N2O. The quantitative estimate of drug-likeness (QED) is 0.814. The summed E-state index contributed by atoms with van der Waals surface area (Å²) in [6, 6.07) is 3.64. The van der Waals surface area contributed by atoms with Crippen molar-refractivity contribution >= 4 is 5.91 Å². The fourth-order valence-corrected chi connectivity index (χ4v) is 1.46. The molecular weight excluding hydrogens is 212 g/mol. The van der Waals surface area contributed by atoms with Crippen LogP contribution in [0.5, 0.6) is 0 Å². The molecule has 0 spiro atoms. The number of hydrogen-bond acceptors (Lipinski definition) is 2. The Morgan fingerprint density at radius 1 is 1.41 bits per heavy atom. The van der Waals surface area contributed by atoms with Crippen molar-refractivity contribution in [2.75, 3.05) is 6.54 Å². The Bertz CT molecular complexity index is 380. The first-order valence-corrected chi connectivity index (χ1v) is 6.20. The second-order valence-electron chi connectivity index (χ2n) is 5.29. The maximum Gasteiger partial charge on any atom is 0.251 e. The highest BCUT2D eigenvalue weighted by atomic mass is 16.1. The highest BCUT2D eigenvalue weighted by molar-refractivity contribution is 5.94. The molecule has 1 rings (SSSR count). The van der Waals surface area contributed by atoms with Crippen LogP contribution in [0.25, 0.3) is 0 Å². The number of nitrogens with one attached hydrogen (secondary N) is 1. The smallest absolute Gasteiger partial charge is 0.251 e. The van der Waals surface area contributed by atoms with E-state index in [0.29, 0.717) is 5.56 Å². The second-order valence-corrected chi connectivity index (χ2v) is 5.29. The fraction of sp³-hybridized carbons (Fsp3) is 0.571. The molecule has 0 aliphatic rings. The summed E-state index contributed by atoms with van der Waals surface area (Å²) in [4.78, 5) is 16.2. The lowest BCUT2D eigenvalue weighted by molar-refractivity contribution is 0.0953. The molecule has 1 amide bonds. The number of carbonyl (C=O) groups excluding carboxylic acids is 1. The van der Waals surface area contributed by atoms with Crippen LogP contribution < -0.4 is 5.32 Å². The van der Waals surface area contributed by atoms with Gasteiger partial charge in [0.15, 0.2) is 0 Å². The Morgan fingerprint density at radius 2 is 2.12 bits per heavy atom. The van der Waals surface area contributed by atoms with Crippen molar-refractivity contribution in [2.45, 2.75) is 46.0 Å². The predicted molar refractivity (Wildman–Crippen MR) is 70.2 cm³/mol. The van der Waals surface area contributed by atoms with E-state index in [1.54, 1.807) is 12.3 Å². The first-order valence-electron chi connectivity index (χ1n) is 6.20. The van der Waals surface area contributed by atoms with Crippen LogP contribution in [-0.2, 0) is 5.41 Å². The average molecular weight is 234 g/mol. The van der Waals surface area contributed by atoms with E-state index >= 15 is 0 Å². The number of unbranched alkanes of at least 4 members (excludes halogenated alkanes) is 1. The Hall–Kier alpha value is -1.38. The van der Waals surface area contributed by atoms with Gasteiger partial charge in [-0.25, -0.2) is 0 Å². The molecule has 1 N–H and O–H groups in total. The molecule has 3 nitrogen and oxygen atoms in total. The molecule has 0 bridgehead atoms. The fourth-order valence-electron chi connectivity index (χ4n) is 1.46. The summed E-state index contributed by atoms with van der Waals surface area (Å²) in [6.07, 6.45) is 3.81. The monoisotopic (exact) mass is 234 g/mol. The number of pyridine rings is 1. The molecule has 0 aromatic carbocycles. The highest BCUT2D eigenvalue weighted by Gasteiger charge is 2.16. The maximum atomic E-state index is 11.9. The summed E-state index contributed by atoms with van der Waals surface area (Å²) >= 11 is 0.